The lowest BCUT2D eigenvalue weighted by Gasteiger charge is -2.05. The smallest absolute Gasteiger partial charge is 0.263 e. The Morgan fingerprint density at radius 1 is 1.35 bits per heavy atom. The molecule has 0 N–H and O–H groups in total. The van der Waals surface area contributed by atoms with Crippen LogP contribution in [0.15, 0.2) is 18.2 Å². The SMILES string of the molecule is CCCC(C)c1ccc(-c2cc(C(F)(F)F)n(C)n2)s1. The van der Waals surface area contributed by atoms with Crippen LogP contribution in [0.3, 0.4) is 0 Å². The highest BCUT2D eigenvalue weighted by atomic mass is 32.1. The zero-order chi connectivity index (χ0) is 14.9. The summed E-state index contributed by atoms with van der Waals surface area (Å²) < 4.78 is 39.2. The second-order valence-corrected chi connectivity index (χ2v) is 6.04. The van der Waals surface area contributed by atoms with E-state index in [9.17, 15) is 13.2 Å². The van der Waals surface area contributed by atoms with E-state index in [2.05, 4.69) is 18.9 Å². The first kappa shape index (κ1) is 15.1. The molecule has 0 aliphatic rings. The van der Waals surface area contributed by atoms with Crippen LogP contribution >= 0.6 is 11.3 Å². The Kier molecular flexibility index (Phi) is 4.22. The van der Waals surface area contributed by atoms with E-state index < -0.39 is 11.9 Å². The summed E-state index contributed by atoms with van der Waals surface area (Å²) in [7, 11) is 1.32. The minimum absolute atomic E-state index is 0.389. The van der Waals surface area contributed by atoms with Gasteiger partial charge in [-0.1, -0.05) is 20.3 Å². The van der Waals surface area contributed by atoms with Crippen molar-refractivity contribution in [1.29, 1.82) is 0 Å². The maximum Gasteiger partial charge on any atom is 0.433 e. The van der Waals surface area contributed by atoms with Gasteiger partial charge in [0.2, 0.25) is 0 Å². The predicted molar refractivity (Wildman–Crippen MR) is 74.8 cm³/mol. The summed E-state index contributed by atoms with van der Waals surface area (Å²) in [5, 5.41) is 3.97. The van der Waals surface area contributed by atoms with Gasteiger partial charge in [-0.2, -0.15) is 18.3 Å². The number of thiophene rings is 1. The number of nitrogens with zero attached hydrogens (tertiary/aromatic N) is 2. The highest BCUT2D eigenvalue weighted by Crippen LogP contribution is 2.36. The zero-order valence-electron chi connectivity index (χ0n) is 11.7. The van der Waals surface area contributed by atoms with Crippen LogP contribution in [-0.2, 0) is 13.2 Å². The highest BCUT2D eigenvalue weighted by Gasteiger charge is 2.35. The Bertz CT molecular complexity index is 583. The molecule has 0 saturated carbocycles. The minimum atomic E-state index is -4.37. The van der Waals surface area contributed by atoms with Gasteiger partial charge in [0, 0.05) is 11.9 Å². The minimum Gasteiger partial charge on any atom is -0.263 e. The molecule has 0 bridgehead atoms. The van der Waals surface area contributed by atoms with Gasteiger partial charge in [0.1, 0.15) is 11.4 Å². The molecule has 0 aliphatic carbocycles. The zero-order valence-corrected chi connectivity index (χ0v) is 12.5. The normalized spacial score (nSPS) is 13.7. The van der Waals surface area contributed by atoms with Crippen LogP contribution in [0.5, 0.6) is 0 Å². The van der Waals surface area contributed by atoms with Gasteiger partial charge in [-0.25, -0.2) is 0 Å². The fourth-order valence-electron chi connectivity index (χ4n) is 2.18. The number of aryl methyl sites for hydroxylation is 1. The molecule has 2 aromatic heterocycles. The van der Waals surface area contributed by atoms with Gasteiger partial charge in [0.15, 0.2) is 0 Å². The van der Waals surface area contributed by atoms with Crippen molar-refractivity contribution in [3.8, 4) is 10.6 Å². The molecule has 0 fully saturated rings. The molecule has 0 aliphatic heterocycles. The van der Waals surface area contributed by atoms with Gasteiger partial charge in [-0.05, 0) is 30.5 Å². The molecule has 0 amide bonds. The Balaban J connectivity index is 2.29. The molecule has 0 radical (unpaired) electrons. The average molecular weight is 302 g/mol. The topological polar surface area (TPSA) is 17.8 Å². The summed E-state index contributed by atoms with van der Waals surface area (Å²) in [5.41, 5.74) is -0.330. The molecule has 2 aromatic rings. The van der Waals surface area contributed by atoms with E-state index in [4.69, 9.17) is 0 Å². The monoisotopic (exact) mass is 302 g/mol. The van der Waals surface area contributed by atoms with Crippen molar-refractivity contribution in [3.05, 3.63) is 28.8 Å². The first-order chi connectivity index (χ1) is 9.32. The summed E-state index contributed by atoms with van der Waals surface area (Å²) >= 11 is 1.52. The molecule has 2 nitrogen and oxygen atoms in total. The van der Waals surface area contributed by atoms with Crippen LogP contribution < -0.4 is 0 Å². The molecule has 2 rings (SSSR count). The quantitative estimate of drug-likeness (QED) is 0.771. The van der Waals surface area contributed by atoms with Gasteiger partial charge in [-0.15, -0.1) is 11.3 Å². The Morgan fingerprint density at radius 3 is 2.60 bits per heavy atom. The molecule has 1 unspecified atom stereocenters. The number of hydrogen-bond acceptors (Lipinski definition) is 2. The van der Waals surface area contributed by atoms with Crippen LogP contribution in [0.4, 0.5) is 13.2 Å². The predicted octanol–water partition coefficient (Wildman–Crippen LogP) is 5.07. The van der Waals surface area contributed by atoms with E-state index in [1.165, 1.54) is 23.3 Å². The molecular weight excluding hydrogens is 285 g/mol. The van der Waals surface area contributed by atoms with Gasteiger partial charge >= 0.3 is 6.18 Å². The maximum absolute atomic E-state index is 12.8. The molecule has 0 spiro atoms. The molecule has 6 heteroatoms. The van der Waals surface area contributed by atoms with Gasteiger partial charge in [0.25, 0.3) is 0 Å². The first-order valence-electron chi connectivity index (χ1n) is 6.54. The van der Waals surface area contributed by atoms with Crippen molar-refractivity contribution in [2.75, 3.05) is 0 Å². The van der Waals surface area contributed by atoms with E-state index in [-0.39, 0.29) is 0 Å². The lowest BCUT2D eigenvalue weighted by atomic mass is 10.0. The maximum atomic E-state index is 12.8. The van der Waals surface area contributed by atoms with Crippen LogP contribution in [-0.4, -0.2) is 9.78 Å². The molecule has 0 saturated heterocycles. The summed E-state index contributed by atoms with van der Waals surface area (Å²) in [6, 6.07) is 4.96. The number of hydrogen-bond donors (Lipinski definition) is 0. The molecule has 2 heterocycles. The van der Waals surface area contributed by atoms with Crippen molar-refractivity contribution in [2.24, 2.45) is 7.05 Å². The summed E-state index contributed by atoms with van der Waals surface area (Å²) in [4.78, 5) is 1.98. The third kappa shape index (κ3) is 3.06. The Morgan fingerprint density at radius 2 is 2.05 bits per heavy atom. The molecule has 1 atom stereocenters. The molecule has 0 aromatic carbocycles. The third-order valence-electron chi connectivity index (χ3n) is 3.26. The van der Waals surface area contributed by atoms with Crippen molar-refractivity contribution < 1.29 is 13.2 Å². The molecule has 110 valence electrons. The van der Waals surface area contributed by atoms with E-state index >= 15 is 0 Å². The fourth-order valence-corrected chi connectivity index (χ4v) is 3.23. The fraction of sp³-hybridized carbons (Fsp3) is 0.500. The van der Waals surface area contributed by atoms with E-state index in [1.54, 1.807) is 0 Å². The highest BCUT2D eigenvalue weighted by molar-refractivity contribution is 7.15. The van der Waals surface area contributed by atoms with Crippen LogP contribution in [0, 0.1) is 0 Å². The second-order valence-electron chi connectivity index (χ2n) is 4.93. The number of alkyl halides is 3. The largest absolute Gasteiger partial charge is 0.433 e. The summed E-state index contributed by atoms with van der Waals surface area (Å²) in [5.74, 6) is 0.435. The van der Waals surface area contributed by atoms with Gasteiger partial charge in [0.05, 0.1) is 4.88 Å². The van der Waals surface area contributed by atoms with Crippen LogP contribution in [0.1, 0.15) is 43.2 Å². The van der Waals surface area contributed by atoms with E-state index in [1.807, 2.05) is 12.1 Å². The summed E-state index contributed by atoms with van der Waals surface area (Å²) in [6.07, 6.45) is -2.19. The van der Waals surface area contributed by atoms with Crippen LogP contribution in [0.2, 0.25) is 0 Å². The molecule has 20 heavy (non-hydrogen) atoms. The Hall–Kier alpha value is -1.30. The van der Waals surface area contributed by atoms with E-state index in [0.717, 1.165) is 28.5 Å². The van der Waals surface area contributed by atoms with E-state index in [0.29, 0.717) is 11.6 Å². The lowest BCUT2D eigenvalue weighted by Crippen LogP contribution is -2.11. The molecular formula is C14H17F3N2S. The van der Waals surface area contributed by atoms with Crippen molar-refractivity contribution in [3.63, 3.8) is 0 Å². The van der Waals surface area contributed by atoms with Crippen molar-refractivity contribution >= 4 is 11.3 Å². The first-order valence-corrected chi connectivity index (χ1v) is 7.36. The number of rotatable bonds is 4. The standard InChI is InChI=1S/C14H17F3N2S/c1-4-5-9(2)11-6-7-12(20-11)10-8-13(14(15,16)17)19(3)18-10/h6-9H,4-5H2,1-3H3. The van der Waals surface area contributed by atoms with Gasteiger partial charge in [-0.3, -0.25) is 4.68 Å². The third-order valence-corrected chi connectivity index (χ3v) is 4.60. The average Bonchev–Trinajstić information content (AvgIpc) is 2.94. The van der Waals surface area contributed by atoms with Crippen molar-refractivity contribution in [2.45, 2.75) is 38.8 Å². The lowest BCUT2D eigenvalue weighted by molar-refractivity contribution is -0.143. The van der Waals surface area contributed by atoms with Crippen molar-refractivity contribution in [1.82, 2.24) is 9.78 Å². The summed E-state index contributed by atoms with van der Waals surface area (Å²) in [6.45, 7) is 4.26. The second kappa shape index (κ2) is 5.60. The number of halogens is 3. The Labute approximate surface area is 120 Å². The van der Waals surface area contributed by atoms with Crippen LogP contribution in [0.25, 0.3) is 10.6 Å². The number of aromatic nitrogens is 2. The van der Waals surface area contributed by atoms with Gasteiger partial charge < -0.3 is 0 Å².